The monoisotopic (exact) mass is 963 g/mol. The Hall–Kier alpha value is 0.588. The number of rotatable bonds is 48. The molecule has 0 aliphatic heterocycles. The summed E-state index contributed by atoms with van der Waals surface area (Å²) in [6.45, 7) is 22.6. The molecule has 63 heavy (non-hydrogen) atoms. The molecule has 0 amide bonds. The lowest BCUT2D eigenvalue weighted by molar-refractivity contribution is -0.136. The van der Waals surface area contributed by atoms with Crippen molar-refractivity contribution in [1.29, 1.82) is 0 Å². The van der Waals surface area contributed by atoms with Gasteiger partial charge in [0.25, 0.3) is 0 Å². The maximum Gasteiger partial charge on any atom is 0.173 e. The Morgan fingerprint density at radius 3 is 0.746 bits per heavy atom. The zero-order valence-electron chi connectivity index (χ0n) is 44.2. The van der Waals surface area contributed by atoms with Gasteiger partial charge >= 0.3 is 0 Å². The number of unbranched alkanes of at least 4 members (excludes halogenated alkanes) is 26. The Labute approximate surface area is 398 Å². The van der Waals surface area contributed by atoms with Crippen molar-refractivity contribution < 1.29 is 33.4 Å². The lowest BCUT2D eigenvalue weighted by Gasteiger charge is -2.35. The minimum Gasteiger partial charge on any atom is -0.455 e. The normalized spacial score (nSPS) is 15.0. The summed E-state index contributed by atoms with van der Waals surface area (Å²) in [5, 5.41) is 41.6. The summed E-state index contributed by atoms with van der Waals surface area (Å²) in [4.78, 5) is 0. The van der Waals surface area contributed by atoms with Gasteiger partial charge in [-0.3, -0.25) is 0 Å². The molecular weight excluding hydrogens is 849 g/mol. The predicted molar refractivity (Wildman–Crippen MR) is 285 cm³/mol. The highest BCUT2D eigenvalue weighted by molar-refractivity contribution is 6.85. The quantitative estimate of drug-likeness (QED) is 0.0355. The average Bonchev–Trinajstić information content (AvgIpc) is 3.21. The molecule has 11 heteroatoms. The predicted octanol–water partition coefficient (Wildman–Crippen LogP) is 15.8. The molecule has 0 aromatic rings. The first-order chi connectivity index (χ1) is 29.9. The van der Waals surface area contributed by atoms with Gasteiger partial charge in [-0.1, -0.05) is 206 Å². The van der Waals surface area contributed by atoms with Crippen molar-refractivity contribution in [2.45, 2.75) is 320 Å². The Bertz CT molecular complexity index is 926. The summed E-state index contributed by atoms with van der Waals surface area (Å²) >= 11 is 0. The van der Waals surface area contributed by atoms with E-state index in [0.29, 0.717) is 12.8 Å². The number of hydrogen-bond donors (Lipinski definition) is 4. The fourth-order valence-corrected chi connectivity index (χ4v) is 27.7. The second-order valence-corrected chi connectivity index (χ2v) is 40.1. The van der Waals surface area contributed by atoms with Gasteiger partial charge in [0.1, 0.15) is 12.2 Å². The fourth-order valence-electron chi connectivity index (χ4n) is 9.81. The van der Waals surface area contributed by atoms with Crippen LogP contribution in [0.3, 0.4) is 0 Å². The lowest BCUT2D eigenvalue weighted by Crippen LogP contribution is -2.45. The van der Waals surface area contributed by atoms with Gasteiger partial charge in [0, 0.05) is 0 Å². The highest BCUT2D eigenvalue weighted by Crippen LogP contribution is 2.29. The standard InChI is InChI=1S/C52H114O7Si4/c1-11-13-15-17-19-21-23-25-27-29-31-33-35-37-43-60(3,4)58-62(7,8)45-39-41-51(49(55)47-53)57-52(50(56)48-54)42-40-46-63(9,10)59-61(5,6)44-38-36-34-32-30-28-26-24-22-20-18-16-14-12-2/h49-56H,11-48H2,1-10H3. The number of hydrogen-bond acceptors (Lipinski definition) is 7. The first-order valence-electron chi connectivity index (χ1n) is 27.6. The molecule has 0 bridgehead atoms. The van der Waals surface area contributed by atoms with Gasteiger partial charge in [0.2, 0.25) is 0 Å². The highest BCUT2D eigenvalue weighted by Gasteiger charge is 2.35. The molecule has 4 atom stereocenters. The van der Waals surface area contributed by atoms with Crippen LogP contribution in [0, 0.1) is 0 Å². The lowest BCUT2D eigenvalue weighted by atomic mass is 10.0. The fraction of sp³-hybridized carbons (Fsp3) is 1.00. The van der Waals surface area contributed by atoms with Crippen LogP contribution in [0.25, 0.3) is 0 Å². The van der Waals surface area contributed by atoms with Crippen LogP contribution in [0.2, 0.25) is 76.6 Å². The third kappa shape index (κ3) is 39.2. The maximum atomic E-state index is 10.8. The van der Waals surface area contributed by atoms with Crippen LogP contribution >= 0.6 is 0 Å². The SMILES string of the molecule is CCCCCCCCCCCCCCCC[Si](C)(C)O[Si](C)(C)CCCC(OC(CCC[Si](C)(C)O[Si](C)(C)CCCCCCCCCCCCCCCC)C(O)CO)C(O)CO. The first-order valence-corrected chi connectivity index (χ1v) is 40.0. The van der Waals surface area contributed by atoms with Crippen LogP contribution in [-0.4, -0.2) is 91.3 Å². The van der Waals surface area contributed by atoms with E-state index < -0.39 is 70.9 Å². The molecular formula is C52H114O7Si4. The number of aliphatic hydroxyl groups excluding tert-OH is 4. The zero-order valence-corrected chi connectivity index (χ0v) is 48.2. The average molecular weight is 964 g/mol. The van der Waals surface area contributed by atoms with Crippen molar-refractivity contribution in [2.75, 3.05) is 13.2 Å². The molecule has 0 radical (unpaired) electrons. The van der Waals surface area contributed by atoms with Crippen molar-refractivity contribution in [3.8, 4) is 0 Å². The van der Waals surface area contributed by atoms with E-state index in [4.69, 9.17) is 13.0 Å². The molecule has 7 nitrogen and oxygen atoms in total. The van der Waals surface area contributed by atoms with E-state index >= 15 is 0 Å². The Kier molecular flexibility index (Phi) is 39.8. The van der Waals surface area contributed by atoms with E-state index in [1.807, 2.05) is 0 Å². The number of ether oxygens (including phenoxy) is 1. The molecule has 0 aliphatic carbocycles. The molecule has 0 aromatic heterocycles. The molecule has 0 spiro atoms. The highest BCUT2D eigenvalue weighted by atomic mass is 28.4. The molecule has 0 saturated heterocycles. The summed E-state index contributed by atoms with van der Waals surface area (Å²) in [5.41, 5.74) is 0. The van der Waals surface area contributed by atoms with Crippen LogP contribution in [-0.2, 0) is 13.0 Å². The maximum absolute atomic E-state index is 10.8. The Morgan fingerprint density at radius 1 is 0.317 bits per heavy atom. The minimum absolute atomic E-state index is 0.393. The molecule has 0 heterocycles. The summed E-state index contributed by atoms with van der Waals surface area (Å²) in [7, 11) is -7.47. The van der Waals surface area contributed by atoms with Crippen LogP contribution < -0.4 is 0 Å². The third-order valence-electron chi connectivity index (χ3n) is 13.5. The van der Waals surface area contributed by atoms with Crippen LogP contribution in [0.1, 0.15) is 219 Å². The summed E-state index contributed by atoms with van der Waals surface area (Å²) < 4.78 is 20.4. The van der Waals surface area contributed by atoms with Gasteiger partial charge in [-0.25, -0.2) is 0 Å². The van der Waals surface area contributed by atoms with E-state index in [9.17, 15) is 20.4 Å². The topological polar surface area (TPSA) is 109 Å². The second-order valence-electron chi connectivity index (χ2n) is 22.4. The van der Waals surface area contributed by atoms with Crippen LogP contribution in [0.5, 0.6) is 0 Å². The van der Waals surface area contributed by atoms with Gasteiger partial charge in [-0.05, 0) is 89.4 Å². The summed E-state index contributed by atoms with van der Waals surface area (Å²) in [6, 6.07) is 4.34. The van der Waals surface area contributed by atoms with Crippen molar-refractivity contribution in [1.82, 2.24) is 0 Å². The van der Waals surface area contributed by atoms with E-state index in [-0.39, 0.29) is 0 Å². The molecule has 0 saturated carbocycles. The van der Waals surface area contributed by atoms with Crippen LogP contribution in [0.4, 0.5) is 0 Å². The van der Waals surface area contributed by atoms with E-state index in [0.717, 1.165) is 24.9 Å². The smallest absolute Gasteiger partial charge is 0.173 e. The molecule has 4 N–H and O–H groups in total. The summed E-state index contributed by atoms with van der Waals surface area (Å²) in [6.07, 6.45) is 38.2. The van der Waals surface area contributed by atoms with Gasteiger partial charge in [0.15, 0.2) is 33.3 Å². The van der Waals surface area contributed by atoms with Crippen molar-refractivity contribution in [3.05, 3.63) is 0 Å². The molecule has 4 unspecified atom stereocenters. The van der Waals surface area contributed by atoms with Gasteiger partial charge in [-0.15, -0.1) is 0 Å². The molecule has 0 rings (SSSR count). The largest absolute Gasteiger partial charge is 0.455 e. The first kappa shape index (κ1) is 63.6. The zero-order chi connectivity index (χ0) is 47.3. The third-order valence-corrected chi connectivity index (χ3v) is 28.6. The van der Waals surface area contributed by atoms with Crippen molar-refractivity contribution in [2.24, 2.45) is 0 Å². The van der Waals surface area contributed by atoms with E-state index in [1.54, 1.807) is 0 Å². The van der Waals surface area contributed by atoms with E-state index in [2.05, 4.69) is 66.2 Å². The molecule has 0 aliphatic rings. The summed E-state index contributed by atoms with van der Waals surface area (Å²) in [5.74, 6) is 0. The minimum atomic E-state index is -1.95. The Morgan fingerprint density at radius 2 is 0.524 bits per heavy atom. The molecule has 0 aromatic carbocycles. The van der Waals surface area contributed by atoms with Crippen molar-refractivity contribution >= 4 is 33.3 Å². The molecule has 380 valence electrons. The second kappa shape index (κ2) is 39.4. The van der Waals surface area contributed by atoms with E-state index in [1.165, 1.54) is 192 Å². The number of aliphatic hydroxyl groups is 4. The van der Waals surface area contributed by atoms with Gasteiger partial charge in [-0.2, -0.15) is 0 Å². The molecule has 0 fully saturated rings. The van der Waals surface area contributed by atoms with Crippen LogP contribution in [0.15, 0.2) is 0 Å². The van der Waals surface area contributed by atoms with Gasteiger partial charge in [0.05, 0.1) is 25.4 Å². The van der Waals surface area contributed by atoms with Crippen molar-refractivity contribution in [3.63, 3.8) is 0 Å². The Balaban J connectivity index is 4.60. The van der Waals surface area contributed by atoms with Gasteiger partial charge < -0.3 is 33.4 Å².